The number of rotatable bonds is 4. The Kier molecular flexibility index (Phi) is 3.96. The van der Waals surface area contributed by atoms with Gasteiger partial charge < -0.3 is 5.32 Å². The maximum atomic E-state index is 9.24. The van der Waals surface area contributed by atoms with Gasteiger partial charge in [0.1, 0.15) is 0 Å². The fourth-order valence-corrected chi connectivity index (χ4v) is 3.51. The summed E-state index contributed by atoms with van der Waals surface area (Å²) < 4.78 is 0. The van der Waals surface area contributed by atoms with Crippen molar-refractivity contribution >= 4 is 5.69 Å². The lowest BCUT2D eigenvalue weighted by Gasteiger charge is -2.35. The van der Waals surface area contributed by atoms with Crippen molar-refractivity contribution in [3.05, 3.63) is 29.8 Å². The number of anilines is 1. The van der Waals surface area contributed by atoms with E-state index >= 15 is 0 Å². The Morgan fingerprint density at radius 3 is 2.30 bits per heavy atom. The molecule has 2 aliphatic rings. The molecule has 3 rings (SSSR count). The van der Waals surface area contributed by atoms with E-state index in [1.165, 1.54) is 44.1 Å². The smallest absolute Gasteiger partial charge is 0.0746 e. The van der Waals surface area contributed by atoms with E-state index in [2.05, 4.69) is 35.7 Å². The molecule has 0 heterocycles. The zero-order valence-electron chi connectivity index (χ0n) is 12.2. The van der Waals surface area contributed by atoms with Gasteiger partial charge in [0.05, 0.1) is 11.5 Å². The van der Waals surface area contributed by atoms with E-state index in [4.69, 9.17) is 0 Å². The number of nitriles is 1. The third kappa shape index (κ3) is 2.82. The van der Waals surface area contributed by atoms with E-state index in [0.717, 1.165) is 31.0 Å². The molecule has 0 amide bonds. The highest BCUT2D eigenvalue weighted by Gasteiger charge is 2.36. The molecule has 0 radical (unpaired) electrons. The molecule has 0 bridgehead atoms. The minimum atomic E-state index is -0.0952. The first-order valence-electron chi connectivity index (χ1n) is 8.06. The monoisotopic (exact) mass is 268 g/mol. The molecule has 2 fully saturated rings. The lowest BCUT2D eigenvalue weighted by Crippen LogP contribution is -2.34. The van der Waals surface area contributed by atoms with Gasteiger partial charge in [-0.2, -0.15) is 5.26 Å². The maximum Gasteiger partial charge on any atom is 0.0746 e. The third-order valence-electron chi connectivity index (χ3n) is 5.17. The summed E-state index contributed by atoms with van der Waals surface area (Å²) in [5.74, 6) is 0.773. The number of nitrogens with zero attached hydrogens (tertiary/aromatic N) is 1. The summed E-state index contributed by atoms with van der Waals surface area (Å²) in [6, 6.07) is 11.4. The van der Waals surface area contributed by atoms with Crippen LogP contribution in [0.15, 0.2) is 24.3 Å². The largest absolute Gasteiger partial charge is 0.383 e. The molecule has 2 heteroatoms. The zero-order valence-corrected chi connectivity index (χ0v) is 12.2. The van der Waals surface area contributed by atoms with Crippen LogP contribution in [0, 0.1) is 16.7 Å². The van der Waals surface area contributed by atoms with Gasteiger partial charge in [-0.15, -0.1) is 0 Å². The van der Waals surface area contributed by atoms with E-state index in [1.54, 1.807) is 0 Å². The molecule has 2 saturated carbocycles. The molecule has 2 nitrogen and oxygen atoms in total. The summed E-state index contributed by atoms with van der Waals surface area (Å²) in [6.07, 6.45) is 10.2. The highest BCUT2D eigenvalue weighted by molar-refractivity contribution is 5.46. The van der Waals surface area contributed by atoms with Gasteiger partial charge in [-0.05, 0) is 49.3 Å². The molecule has 20 heavy (non-hydrogen) atoms. The van der Waals surface area contributed by atoms with Crippen LogP contribution < -0.4 is 5.32 Å². The van der Waals surface area contributed by atoms with Gasteiger partial charge in [-0.1, -0.05) is 37.8 Å². The van der Waals surface area contributed by atoms with Crippen LogP contribution in [0.5, 0.6) is 0 Å². The fraction of sp³-hybridized carbons (Fsp3) is 0.611. The Morgan fingerprint density at radius 1 is 1.05 bits per heavy atom. The first-order chi connectivity index (χ1) is 9.81. The summed E-state index contributed by atoms with van der Waals surface area (Å²) in [5, 5.41) is 12.7. The molecule has 2 aliphatic carbocycles. The lowest BCUT2D eigenvalue weighted by atomic mass is 9.70. The van der Waals surface area contributed by atoms with E-state index in [9.17, 15) is 5.26 Å². The fourth-order valence-electron chi connectivity index (χ4n) is 3.51. The van der Waals surface area contributed by atoms with Crippen molar-refractivity contribution in [2.45, 2.75) is 57.3 Å². The van der Waals surface area contributed by atoms with Crippen LogP contribution in [-0.4, -0.2) is 6.54 Å². The molecular formula is C18H24N2. The summed E-state index contributed by atoms with van der Waals surface area (Å²) in [7, 11) is 0. The summed E-state index contributed by atoms with van der Waals surface area (Å²) in [4.78, 5) is 0. The van der Waals surface area contributed by atoms with Crippen molar-refractivity contribution in [2.75, 3.05) is 11.9 Å². The van der Waals surface area contributed by atoms with E-state index in [0.29, 0.717) is 0 Å². The molecule has 0 saturated heterocycles. The van der Waals surface area contributed by atoms with Crippen LogP contribution >= 0.6 is 0 Å². The number of nitrogens with one attached hydrogen (secondary N) is 1. The Balaban J connectivity index is 1.57. The van der Waals surface area contributed by atoms with Crippen LogP contribution in [0.2, 0.25) is 0 Å². The Hall–Kier alpha value is -1.49. The molecular weight excluding hydrogens is 244 g/mol. The van der Waals surface area contributed by atoms with Crippen molar-refractivity contribution in [2.24, 2.45) is 5.41 Å². The molecule has 0 spiro atoms. The second-order valence-corrected chi connectivity index (χ2v) is 6.56. The average molecular weight is 268 g/mol. The van der Waals surface area contributed by atoms with Crippen LogP contribution in [0.25, 0.3) is 0 Å². The van der Waals surface area contributed by atoms with Gasteiger partial charge in [0.15, 0.2) is 0 Å². The average Bonchev–Trinajstić information content (AvgIpc) is 2.48. The minimum Gasteiger partial charge on any atom is -0.383 e. The second-order valence-electron chi connectivity index (χ2n) is 6.56. The second kappa shape index (κ2) is 5.87. The van der Waals surface area contributed by atoms with Crippen molar-refractivity contribution in [3.8, 4) is 6.07 Å². The highest BCUT2D eigenvalue weighted by atomic mass is 14.9. The number of hydrogen-bond acceptors (Lipinski definition) is 2. The molecule has 1 N–H and O–H groups in total. The van der Waals surface area contributed by atoms with Gasteiger partial charge in [-0.3, -0.25) is 0 Å². The SMILES string of the molecule is N#CC1(CNc2ccc(C3CCCCC3)cc2)CCC1. The molecule has 106 valence electrons. The van der Waals surface area contributed by atoms with E-state index in [1.807, 2.05) is 0 Å². The normalized spacial score (nSPS) is 21.8. The van der Waals surface area contributed by atoms with E-state index in [-0.39, 0.29) is 5.41 Å². The number of benzene rings is 1. The molecule has 1 aromatic carbocycles. The Bertz CT molecular complexity index is 473. The molecule has 0 unspecified atom stereocenters. The van der Waals surface area contributed by atoms with Gasteiger partial charge in [0.25, 0.3) is 0 Å². The summed E-state index contributed by atoms with van der Waals surface area (Å²) >= 11 is 0. The topological polar surface area (TPSA) is 35.8 Å². The van der Waals surface area contributed by atoms with Crippen molar-refractivity contribution < 1.29 is 0 Å². The molecule has 0 atom stereocenters. The quantitative estimate of drug-likeness (QED) is 0.848. The molecule has 1 aromatic rings. The first kappa shape index (κ1) is 13.5. The highest BCUT2D eigenvalue weighted by Crippen LogP contribution is 2.40. The van der Waals surface area contributed by atoms with Crippen LogP contribution in [0.3, 0.4) is 0 Å². The van der Waals surface area contributed by atoms with Crippen LogP contribution in [0.4, 0.5) is 5.69 Å². The lowest BCUT2D eigenvalue weighted by molar-refractivity contribution is 0.233. The third-order valence-corrected chi connectivity index (χ3v) is 5.17. The number of hydrogen-bond donors (Lipinski definition) is 1. The van der Waals surface area contributed by atoms with Gasteiger partial charge >= 0.3 is 0 Å². The van der Waals surface area contributed by atoms with Crippen molar-refractivity contribution in [1.29, 1.82) is 5.26 Å². The first-order valence-corrected chi connectivity index (χ1v) is 8.06. The van der Waals surface area contributed by atoms with Crippen molar-refractivity contribution in [1.82, 2.24) is 0 Å². The minimum absolute atomic E-state index is 0.0952. The van der Waals surface area contributed by atoms with E-state index < -0.39 is 0 Å². The zero-order chi connectivity index (χ0) is 13.8. The predicted molar refractivity (Wildman–Crippen MR) is 82.7 cm³/mol. The Morgan fingerprint density at radius 2 is 1.75 bits per heavy atom. The molecule has 0 aromatic heterocycles. The Labute approximate surface area is 122 Å². The van der Waals surface area contributed by atoms with Crippen LogP contribution in [0.1, 0.15) is 62.8 Å². The van der Waals surface area contributed by atoms with Gasteiger partial charge in [-0.25, -0.2) is 0 Å². The summed E-state index contributed by atoms with van der Waals surface area (Å²) in [5.41, 5.74) is 2.56. The predicted octanol–water partition coefficient (Wildman–Crippen LogP) is 4.84. The molecule has 0 aliphatic heterocycles. The van der Waals surface area contributed by atoms with Crippen molar-refractivity contribution in [3.63, 3.8) is 0 Å². The van der Waals surface area contributed by atoms with Crippen LogP contribution in [-0.2, 0) is 0 Å². The van der Waals surface area contributed by atoms with Gasteiger partial charge in [0, 0.05) is 12.2 Å². The maximum absolute atomic E-state index is 9.24. The standard InChI is InChI=1S/C18H24N2/c19-13-18(11-4-12-18)14-20-17-9-7-16(8-10-17)15-5-2-1-3-6-15/h7-10,15,20H,1-6,11-12,14H2. The summed E-state index contributed by atoms with van der Waals surface area (Å²) in [6.45, 7) is 0.798. The van der Waals surface area contributed by atoms with Gasteiger partial charge in [0.2, 0.25) is 0 Å².